The zero-order valence-electron chi connectivity index (χ0n) is 10.8. The fourth-order valence-corrected chi connectivity index (χ4v) is 2.37. The molecule has 8 nitrogen and oxygen atoms in total. The van der Waals surface area contributed by atoms with Crippen molar-refractivity contribution in [3.05, 3.63) is 23.8 Å². The molecule has 0 spiro atoms. The smallest absolute Gasteiger partial charge is 0.337 e. The summed E-state index contributed by atoms with van der Waals surface area (Å²) in [7, 11) is -3.07. The summed E-state index contributed by atoms with van der Waals surface area (Å²) in [5.41, 5.74) is 5.12. The summed E-state index contributed by atoms with van der Waals surface area (Å²) < 4.78 is 30.2. The highest BCUT2D eigenvalue weighted by Gasteiger charge is 2.30. The second-order valence-corrected chi connectivity index (χ2v) is 5.92. The van der Waals surface area contributed by atoms with Crippen molar-refractivity contribution in [3.63, 3.8) is 0 Å². The van der Waals surface area contributed by atoms with Gasteiger partial charge in [0.25, 0.3) is 0 Å². The topological polar surface area (TPSA) is 136 Å². The first kappa shape index (κ1) is 15.8. The summed E-state index contributed by atoms with van der Waals surface area (Å²) in [6.45, 7) is 1.13. The summed E-state index contributed by atoms with van der Waals surface area (Å²) in [6, 6.07) is 3.66. The van der Waals surface area contributed by atoms with Crippen molar-refractivity contribution < 1.29 is 27.9 Å². The fourth-order valence-electron chi connectivity index (χ4n) is 1.36. The lowest BCUT2D eigenvalue weighted by atomic mass is 10.1. The van der Waals surface area contributed by atoms with Gasteiger partial charge < -0.3 is 15.6 Å². The first-order valence-electron chi connectivity index (χ1n) is 5.41. The van der Waals surface area contributed by atoms with Crippen LogP contribution >= 0.6 is 0 Å². The van der Waals surface area contributed by atoms with E-state index in [9.17, 15) is 18.0 Å². The molecule has 0 aliphatic heterocycles. The second kappa shape index (κ2) is 5.78. The van der Waals surface area contributed by atoms with Crippen LogP contribution in [0.5, 0.6) is 0 Å². The molecule has 0 saturated carbocycles. The predicted molar refractivity (Wildman–Crippen MR) is 71.8 cm³/mol. The number of carbonyl (C=O) groups excluding carboxylic acids is 1. The summed E-state index contributed by atoms with van der Waals surface area (Å²) in [6.07, 6.45) is 0. The molecule has 0 bridgehead atoms. The third kappa shape index (κ3) is 3.38. The molecule has 110 valence electrons. The van der Waals surface area contributed by atoms with Gasteiger partial charge in [-0.05, 0) is 25.1 Å². The van der Waals surface area contributed by atoms with Gasteiger partial charge in [-0.3, -0.25) is 9.52 Å². The lowest BCUT2D eigenvalue weighted by Crippen LogP contribution is -2.33. The van der Waals surface area contributed by atoms with Crippen molar-refractivity contribution in [3.8, 4) is 0 Å². The minimum atomic E-state index is -4.12. The zero-order chi connectivity index (χ0) is 15.5. The Bertz CT molecular complexity index is 640. The molecule has 0 amide bonds. The van der Waals surface area contributed by atoms with Crippen molar-refractivity contribution in [2.45, 2.75) is 12.2 Å². The lowest BCUT2D eigenvalue weighted by Gasteiger charge is -2.14. The third-order valence-corrected chi connectivity index (χ3v) is 4.15. The molecule has 4 N–H and O–H groups in total. The van der Waals surface area contributed by atoms with E-state index >= 15 is 0 Å². The number of nitrogen functional groups attached to an aromatic ring is 1. The maximum absolute atomic E-state index is 11.9. The number of hydrogen-bond acceptors (Lipinski definition) is 6. The number of ether oxygens (including phenoxy) is 1. The van der Waals surface area contributed by atoms with Crippen LogP contribution in [0.2, 0.25) is 0 Å². The molecule has 0 saturated heterocycles. The SMILES string of the molecule is COC(=O)C(C)S(=O)(=O)Nc1ccc(N)cc1C(=O)O. The molecule has 9 heteroatoms. The van der Waals surface area contributed by atoms with Crippen LogP contribution in [0.15, 0.2) is 18.2 Å². The zero-order valence-corrected chi connectivity index (χ0v) is 11.6. The molecule has 0 aromatic heterocycles. The van der Waals surface area contributed by atoms with Crippen molar-refractivity contribution in [1.82, 2.24) is 0 Å². The average molecular weight is 302 g/mol. The van der Waals surface area contributed by atoms with Crippen molar-refractivity contribution in [1.29, 1.82) is 0 Å². The van der Waals surface area contributed by atoms with E-state index in [4.69, 9.17) is 10.8 Å². The Morgan fingerprint density at radius 2 is 2.00 bits per heavy atom. The van der Waals surface area contributed by atoms with E-state index in [1.165, 1.54) is 12.1 Å². The molecule has 0 radical (unpaired) electrons. The predicted octanol–water partition coefficient (Wildman–Crippen LogP) is 0.270. The van der Waals surface area contributed by atoms with Crippen LogP contribution < -0.4 is 10.5 Å². The van der Waals surface area contributed by atoms with Gasteiger partial charge in [0.15, 0.2) is 5.25 Å². The van der Waals surface area contributed by atoms with Gasteiger partial charge in [-0.25, -0.2) is 13.2 Å². The van der Waals surface area contributed by atoms with E-state index in [0.717, 1.165) is 20.1 Å². The molecule has 0 fully saturated rings. The number of sulfonamides is 1. The number of esters is 1. The lowest BCUT2D eigenvalue weighted by molar-refractivity contribution is -0.139. The molecule has 1 aromatic carbocycles. The number of carboxylic acids is 1. The summed E-state index contributed by atoms with van der Waals surface area (Å²) in [5.74, 6) is -2.30. The van der Waals surface area contributed by atoms with Gasteiger partial charge >= 0.3 is 11.9 Å². The van der Waals surface area contributed by atoms with Crippen molar-refractivity contribution >= 4 is 33.3 Å². The first-order valence-corrected chi connectivity index (χ1v) is 6.96. The molecular weight excluding hydrogens is 288 g/mol. The van der Waals surface area contributed by atoms with Gasteiger partial charge in [-0.15, -0.1) is 0 Å². The molecule has 0 aliphatic carbocycles. The number of carboxylic acid groups (broad SMARTS) is 1. The molecule has 1 atom stereocenters. The molecule has 1 rings (SSSR count). The number of rotatable bonds is 5. The summed E-state index contributed by atoms with van der Waals surface area (Å²) >= 11 is 0. The molecule has 0 aliphatic rings. The number of carbonyl (C=O) groups is 2. The van der Waals surface area contributed by atoms with E-state index in [1.807, 2.05) is 4.72 Å². The van der Waals surface area contributed by atoms with Crippen LogP contribution in [-0.2, 0) is 19.6 Å². The van der Waals surface area contributed by atoms with E-state index in [-0.39, 0.29) is 16.9 Å². The third-order valence-electron chi connectivity index (χ3n) is 2.52. The Balaban J connectivity index is 3.16. The van der Waals surface area contributed by atoms with E-state index in [1.54, 1.807) is 0 Å². The molecule has 20 heavy (non-hydrogen) atoms. The standard InChI is InChI=1S/C11H14N2O6S/c1-6(11(16)19-2)20(17,18)13-9-4-3-7(12)5-8(9)10(14)15/h3-6,13H,12H2,1-2H3,(H,14,15). The van der Waals surface area contributed by atoms with Crippen LogP contribution in [0.25, 0.3) is 0 Å². The Morgan fingerprint density at radius 1 is 1.40 bits per heavy atom. The number of methoxy groups -OCH3 is 1. The largest absolute Gasteiger partial charge is 0.478 e. The number of hydrogen-bond donors (Lipinski definition) is 3. The fraction of sp³-hybridized carbons (Fsp3) is 0.273. The molecule has 0 heterocycles. The van der Waals surface area contributed by atoms with Crippen LogP contribution in [-0.4, -0.2) is 37.8 Å². The normalized spacial score (nSPS) is 12.5. The summed E-state index contributed by atoms with van der Waals surface area (Å²) in [5, 5.41) is 7.52. The highest BCUT2D eigenvalue weighted by molar-refractivity contribution is 7.94. The number of nitrogens with one attached hydrogen (secondary N) is 1. The Morgan fingerprint density at radius 3 is 2.50 bits per heavy atom. The second-order valence-electron chi connectivity index (χ2n) is 3.92. The van der Waals surface area contributed by atoms with Gasteiger partial charge in [0.1, 0.15) is 0 Å². The average Bonchev–Trinajstić information content (AvgIpc) is 2.38. The van der Waals surface area contributed by atoms with E-state index < -0.39 is 27.2 Å². The monoisotopic (exact) mass is 302 g/mol. The highest BCUT2D eigenvalue weighted by Crippen LogP contribution is 2.21. The molecule has 1 unspecified atom stereocenters. The van der Waals surface area contributed by atoms with Crippen LogP contribution in [0.4, 0.5) is 11.4 Å². The van der Waals surface area contributed by atoms with Crippen LogP contribution in [0, 0.1) is 0 Å². The number of aromatic carboxylic acids is 1. The molecular formula is C11H14N2O6S. The van der Waals surface area contributed by atoms with Gasteiger partial charge in [0, 0.05) is 5.69 Å². The van der Waals surface area contributed by atoms with Gasteiger partial charge in [-0.1, -0.05) is 0 Å². The van der Waals surface area contributed by atoms with E-state index in [2.05, 4.69) is 4.74 Å². The quantitative estimate of drug-likeness (QED) is 0.524. The van der Waals surface area contributed by atoms with Crippen molar-refractivity contribution in [2.75, 3.05) is 17.6 Å². The summed E-state index contributed by atoms with van der Waals surface area (Å²) in [4.78, 5) is 22.3. The van der Waals surface area contributed by atoms with Gasteiger partial charge in [-0.2, -0.15) is 0 Å². The maximum Gasteiger partial charge on any atom is 0.337 e. The first-order chi connectivity index (χ1) is 9.19. The minimum absolute atomic E-state index is 0.173. The van der Waals surface area contributed by atoms with Gasteiger partial charge in [0.05, 0.1) is 18.4 Å². The number of nitrogens with two attached hydrogens (primary N) is 1. The minimum Gasteiger partial charge on any atom is -0.478 e. The van der Waals surface area contributed by atoms with Gasteiger partial charge in [0.2, 0.25) is 10.0 Å². The Labute approximate surface area is 115 Å². The Hall–Kier alpha value is -2.29. The highest BCUT2D eigenvalue weighted by atomic mass is 32.2. The number of benzene rings is 1. The van der Waals surface area contributed by atoms with Crippen molar-refractivity contribution in [2.24, 2.45) is 0 Å². The number of anilines is 2. The maximum atomic E-state index is 11.9. The van der Waals surface area contributed by atoms with Crippen LogP contribution in [0.1, 0.15) is 17.3 Å². The Kier molecular flexibility index (Phi) is 4.56. The molecule has 1 aromatic rings. The van der Waals surface area contributed by atoms with E-state index in [0.29, 0.717) is 0 Å². The van der Waals surface area contributed by atoms with Crippen LogP contribution in [0.3, 0.4) is 0 Å².